The number of aliphatic imine (C=N–C) groups is 1. The van der Waals surface area contributed by atoms with Crippen LogP contribution >= 0.6 is 0 Å². The van der Waals surface area contributed by atoms with Crippen LogP contribution in [0.3, 0.4) is 0 Å². The van der Waals surface area contributed by atoms with Crippen molar-refractivity contribution in [1.29, 1.82) is 0 Å². The molecule has 0 bridgehead atoms. The molecule has 0 saturated heterocycles. The number of rotatable bonds is 8. The summed E-state index contributed by atoms with van der Waals surface area (Å²) >= 11 is 0. The van der Waals surface area contributed by atoms with Gasteiger partial charge < -0.3 is 14.4 Å². The van der Waals surface area contributed by atoms with Crippen LogP contribution in [-0.2, 0) is 0 Å². The molecule has 1 aliphatic rings. The Bertz CT molecular complexity index is 887. The van der Waals surface area contributed by atoms with Crippen molar-refractivity contribution < 1.29 is 31.8 Å². The molecule has 0 saturated carbocycles. The van der Waals surface area contributed by atoms with Crippen LogP contribution in [-0.4, -0.2) is 37.9 Å². The van der Waals surface area contributed by atoms with Gasteiger partial charge in [-0.2, -0.15) is 17.6 Å². The van der Waals surface area contributed by atoms with Gasteiger partial charge >= 0.3 is 13.2 Å². The van der Waals surface area contributed by atoms with E-state index < -0.39 is 13.2 Å². The number of alkyl halides is 4. The summed E-state index contributed by atoms with van der Waals surface area (Å²) in [6.45, 7) is -5.26. The number of ether oxygens (including phenoxy) is 2. The third-order valence-electron chi connectivity index (χ3n) is 4.74. The minimum atomic E-state index is -2.94. The van der Waals surface area contributed by atoms with Crippen molar-refractivity contribution in [3.63, 3.8) is 0 Å². The van der Waals surface area contributed by atoms with E-state index in [0.717, 1.165) is 25.1 Å². The van der Waals surface area contributed by atoms with Crippen LogP contribution in [0, 0.1) is 0 Å². The lowest BCUT2D eigenvalue weighted by Gasteiger charge is -2.26. The molecule has 0 unspecified atom stereocenters. The van der Waals surface area contributed by atoms with Crippen molar-refractivity contribution >= 4 is 17.3 Å². The second-order valence-electron chi connectivity index (χ2n) is 6.89. The van der Waals surface area contributed by atoms with Crippen LogP contribution in [0.25, 0.3) is 0 Å². The van der Waals surface area contributed by atoms with E-state index in [1.807, 2.05) is 0 Å². The first-order chi connectivity index (χ1) is 14.9. The lowest BCUT2D eigenvalue weighted by molar-refractivity contribution is -0.0505. The Morgan fingerprint density at radius 2 is 1.45 bits per heavy atom. The Morgan fingerprint density at radius 1 is 0.871 bits per heavy atom. The van der Waals surface area contributed by atoms with Gasteiger partial charge in [0, 0.05) is 24.2 Å². The molecule has 3 rings (SSSR count). The van der Waals surface area contributed by atoms with Gasteiger partial charge in [-0.05, 0) is 61.4 Å². The average Bonchev–Trinajstić information content (AvgIpc) is 3.02. The molecule has 0 radical (unpaired) electrons. The van der Waals surface area contributed by atoms with Crippen molar-refractivity contribution in [3.8, 4) is 11.5 Å². The van der Waals surface area contributed by atoms with E-state index >= 15 is 0 Å². The number of hydrogen-bond acceptors (Lipinski definition) is 5. The van der Waals surface area contributed by atoms with Crippen LogP contribution in [0.2, 0.25) is 0 Å². The number of halogens is 4. The molecule has 0 fully saturated rings. The zero-order valence-corrected chi connectivity index (χ0v) is 16.6. The van der Waals surface area contributed by atoms with Crippen LogP contribution in [0.1, 0.15) is 36.0 Å². The highest BCUT2D eigenvalue weighted by Gasteiger charge is 2.20. The molecule has 9 heteroatoms. The number of amidine groups is 1. The van der Waals surface area contributed by atoms with Gasteiger partial charge in [-0.15, -0.1) is 0 Å². The number of hydrogen-bond donors (Lipinski definition) is 0. The third-order valence-corrected chi connectivity index (χ3v) is 4.74. The maximum atomic E-state index is 12.9. The molecule has 5 nitrogen and oxygen atoms in total. The van der Waals surface area contributed by atoms with Crippen LogP contribution < -0.4 is 14.4 Å². The second-order valence-corrected chi connectivity index (χ2v) is 6.89. The highest BCUT2D eigenvalue weighted by atomic mass is 19.3. The van der Waals surface area contributed by atoms with Crippen molar-refractivity contribution in [2.24, 2.45) is 4.99 Å². The first-order valence-corrected chi connectivity index (χ1v) is 9.86. The first kappa shape index (κ1) is 22.6. The Morgan fingerprint density at radius 3 is 2.03 bits per heavy atom. The van der Waals surface area contributed by atoms with E-state index in [2.05, 4.69) is 14.5 Å². The zero-order chi connectivity index (χ0) is 22.2. The van der Waals surface area contributed by atoms with Crippen molar-refractivity contribution in [3.05, 3.63) is 54.1 Å². The fraction of sp³-hybridized carbons (Fsp3) is 0.364. The van der Waals surface area contributed by atoms with Gasteiger partial charge in [-0.25, -0.2) is 0 Å². The molecule has 0 spiro atoms. The Kier molecular flexibility index (Phi) is 7.86. The number of carbonyl (C=O) groups excluding carboxylic acids is 1. The van der Waals surface area contributed by atoms with Crippen molar-refractivity contribution in [2.45, 2.75) is 38.9 Å². The number of anilines is 1. The molecule has 166 valence electrons. The molecule has 0 amide bonds. The molecule has 1 heterocycles. The Balaban J connectivity index is 1.81. The summed E-state index contributed by atoms with van der Waals surface area (Å²) in [5.41, 5.74) is 0.951. The minimum Gasteiger partial charge on any atom is -0.435 e. The maximum Gasteiger partial charge on any atom is 0.387 e. The van der Waals surface area contributed by atoms with Gasteiger partial charge in [-0.1, -0.05) is 6.42 Å². The highest BCUT2D eigenvalue weighted by molar-refractivity contribution is 6.07. The predicted octanol–water partition coefficient (Wildman–Crippen LogP) is 5.55. The summed E-state index contributed by atoms with van der Waals surface area (Å²) in [7, 11) is 0. The number of benzene rings is 2. The average molecular weight is 438 g/mol. The summed E-state index contributed by atoms with van der Waals surface area (Å²) in [4.78, 5) is 19.2. The topological polar surface area (TPSA) is 51.1 Å². The molecule has 1 aliphatic heterocycles. The van der Waals surface area contributed by atoms with E-state index in [9.17, 15) is 22.4 Å². The minimum absolute atomic E-state index is 0.0162. The lowest BCUT2D eigenvalue weighted by atomic mass is 10.1. The van der Waals surface area contributed by atoms with Gasteiger partial charge in [0.1, 0.15) is 17.3 Å². The molecular weight excluding hydrogens is 416 g/mol. The molecule has 31 heavy (non-hydrogen) atoms. The molecule has 0 aliphatic carbocycles. The van der Waals surface area contributed by atoms with Crippen LogP contribution in [0.15, 0.2) is 53.5 Å². The summed E-state index contributed by atoms with van der Waals surface area (Å²) in [6, 6.07) is 11.5. The van der Waals surface area contributed by atoms with E-state index in [-0.39, 0.29) is 23.8 Å². The highest BCUT2D eigenvalue weighted by Crippen LogP contribution is 2.24. The monoisotopic (exact) mass is 438 g/mol. The fourth-order valence-corrected chi connectivity index (χ4v) is 3.28. The van der Waals surface area contributed by atoms with E-state index in [1.54, 1.807) is 17.0 Å². The molecule has 2 aromatic rings. The van der Waals surface area contributed by atoms with Crippen molar-refractivity contribution in [1.82, 2.24) is 0 Å². The molecule has 0 aromatic heterocycles. The quantitative estimate of drug-likeness (QED) is 0.401. The van der Waals surface area contributed by atoms with Crippen LogP contribution in [0.4, 0.5) is 23.2 Å². The normalized spacial score (nSPS) is 14.2. The van der Waals surface area contributed by atoms with Gasteiger partial charge in [0.25, 0.3) is 0 Å². The molecule has 0 atom stereocenters. The smallest absolute Gasteiger partial charge is 0.387 e. The molecule has 0 N–H and O–H groups in total. The number of nitrogens with zero attached hydrogens (tertiary/aromatic N) is 2. The van der Waals surface area contributed by atoms with Gasteiger partial charge in [-0.3, -0.25) is 9.79 Å². The first-order valence-electron chi connectivity index (χ1n) is 9.86. The molecular formula is C22H22F4N2O3. The maximum absolute atomic E-state index is 12.9. The predicted molar refractivity (Wildman–Crippen MR) is 109 cm³/mol. The van der Waals surface area contributed by atoms with Gasteiger partial charge in [0.15, 0.2) is 5.78 Å². The van der Waals surface area contributed by atoms with Gasteiger partial charge in [0.2, 0.25) is 0 Å². The summed E-state index contributed by atoms with van der Waals surface area (Å²) < 4.78 is 58.2. The standard InChI is InChI=1S/C22H22F4N2O3/c23-21(24)30-17-9-5-15(6-10-17)19(29)14-28(20-4-2-1-3-13-27-20)16-7-11-18(12-8-16)31-22(25)26/h5-12,21-22H,1-4,13-14H2. The number of carbonyl (C=O) groups is 1. The summed E-state index contributed by atoms with van der Waals surface area (Å²) in [5, 5.41) is 0. The number of ketones is 1. The SMILES string of the molecule is O=C(CN(C1=NCCCCC1)c1ccc(OC(F)F)cc1)c1ccc(OC(F)F)cc1. The molecule has 2 aromatic carbocycles. The van der Waals surface area contributed by atoms with Gasteiger partial charge in [0.05, 0.1) is 6.54 Å². The fourth-order valence-electron chi connectivity index (χ4n) is 3.28. The van der Waals surface area contributed by atoms with Crippen LogP contribution in [0.5, 0.6) is 11.5 Å². The van der Waals surface area contributed by atoms with Crippen molar-refractivity contribution in [2.75, 3.05) is 18.0 Å². The Labute approximate surface area is 177 Å². The second kappa shape index (κ2) is 10.8. The summed E-state index contributed by atoms with van der Waals surface area (Å²) in [6.07, 6.45) is 3.60. The third kappa shape index (κ3) is 6.70. The Hall–Kier alpha value is -3.10. The van der Waals surface area contributed by atoms with E-state index in [0.29, 0.717) is 24.2 Å². The largest absolute Gasteiger partial charge is 0.435 e. The lowest BCUT2D eigenvalue weighted by Crippen LogP contribution is -2.36. The zero-order valence-electron chi connectivity index (χ0n) is 16.6. The van der Waals surface area contributed by atoms with E-state index in [4.69, 9.17) is 0 Å². The number of Topliss-reactive ketones (excluding diaryl/α,β-unsaturated/α-hetero) is 1. The summed E-state index contributed by atoms with van der Waals surface area (Å²) in [5.74, 6) is 0.475. The van der Waals surface area contributed by atoms with E-state index in [1.165, 1.54) is 36.4 Å².